The third-order valence-corrected chi connectivity index (χ3v) is 5.42. The van der Waals surface area contributed by atoms with Gasteiger partial charge in [0.15, 0.2) is 0 Å². The zero-order valence-electron chi connectivity index (χ0n) is 14.0. The molecule has 126 valence electrons. The van der Waals surface area contributed by atoms with Crippen LogP contribution >= 0.6 is 11.8 Å². The van der Waals surface area contributed by atoms with Crippen molar-refractivity contribution < 1.29 is 9.59 Å². The molecule has 1 saturated carbocycles. The summed E-state index contributed by atoms with van der Waals surface area (Å²) in [5, 5.41) is 3.69. The molecule has 0 bridgehead atoms. The van der Waals surface area contributed by atoms with Gasteiger partial charge in [-0.05, 0) is 50.3 Å². The number of nitrogens with zero attached hydrogens (tertiary/aromatic N) is 2. The molecule has 6 heteroatoms. The molecule has 1 aromatic carbocycles. The lowest BCUT2D eigenvalue weighted by Gasteiger charge is -2.26. The third-order valence-electron chi connectivity index (χ3n) is 4.34. The first-order valence-electron chi connectivity index (χ1n) is 8.23. The molecule has 1 unspecified atom stereocenters. The van der Waals surface area contributed by atoms with Crippen LogP contribution in [0.15, 0.2) is 28.2 Å². The van der Waals surface area contributed by atoms with Gasteiger partial charge in [-0.25, -0.2) is 9.79 Å². The fourth-order valence-corrected chi connectivity index (χ4v) is 3.99. The average molecular weight is 343 g/mol. The zero-order chi connectivity index (χ0) is 17.1. The molecule has 1 fully saturated rings. The highest BCUT2D eigenvalue weighted by Crippen LogP contribution is 2.30. The lowest BCUT2D eigenvalue weighted by Crippen LogP contribution is -2.31. The third kappa shape index (κ3) is 3.93. The van der Waals surface area contributed by atoms with Crippen LogP contribution in [0.2, 0.25) is 0 Å². The summed E-state index contributed by atoms with van der Waals surface area (Å²) in [7, 11) is 0. The molecule has 3 rings (SSSR count). The van der Waals surface area contributed by atoms with Crippen LogP contribution in [-0.2, 0) is 4.79 Å². The summed E-state index contributed by atoms with van der Waals surface area (Å²) >= 11 is 1.36. The molecule has 2 aliphatic rings. The summed E-state index contributed by atoms with van der Waals surface area (Å²) < 4.78 is 0. The van der Waals surface area contributed by atoms with E-state index in [4.69, 9.17) is 0 Å². The number of benzene rings is 1. The Morgan fingerprint density at radius 1 is 1.29 bits per heavy atom. The van der Waals surface area contributed by atoms with Crippen molar-refractivity contribution in [3.05, 3.63) is 29.3 Å². The smallest absolute Gasteiger partial charge is 0.325 e. The summed E-state index contributed by atoms with van der Waals surface area (Å²) in [5.41, 5.74) is 3.92. The topological polar surface area (TPSA) is 70.9 Å². The highest BCUT2D eigenvalue weighted by molar-refractivity contribution is 8.14. The van der Waals surface area contributed by atoms with E-state index in [0.717, 1.165) is 53.3 Å². The maximum Gasteiger partial charge on any atom is 0.367 e. The number of hydrogen-bond acceptors (Lipinski definition) is 3. The van der Waals surface area contributed by atoms with Crippen molar-refractivity contribution in [1.29, 1.82) is 0 Å². The van der Waals surface area contributed by atoms with Crippen LogP contribution in [-0.4, -0.2) is 28.4 Å². The largest absolute Gasteiger partial charge is 0.367 e. The Kier molecular flexibility index (Phi) is 5.14. The minimum atomic E-state index is -0.430. The Morgan fingerprint density at radius 2 is 2.12 bits per heavy atom. The molecule has 1 atom stereocenters. The summed E-state index contributed by atoms with van der Waals surface area (Å²) in [4.78, 5) is 32.0. The van der Waals surface area contributed by atoms with Gasteiger partial charge in [0.25, 0.3) is 0 Å². The second-order valence-electron chi connectivity index (χ2n) is 6.29. The van der Waals surface area contributed by atoms with Gasteiger partial charge < -0.3 is 5.32 Å². The summed E-state index contributed by atoms with van der Waals surface area (Å²) in [5.74, 6) is 0.308. The van der Waals surface area contributed by atoms with Crippen LogP contribution in [0.1, 0.15) is 36.8 Å². The van der Waals surface area contributed by atoms with Crippen molar-refractivity contribution >= 4 is 40.1 Å². The molecule has 5 nitrogen and oxygen atoms in total. The SMILES string of the molecule is Cc1ccc(C)c(NC(=O)CSC2=NC(=O)N=C3CCCCC32)c1. The van der Waals surface area contributed by atoms with E-state index in [1.54, 1.807) is 0 Å². The van der Waals surface area contributed by atoms with Gasteiger partial charge in [-0.15, -0.1) is 0 Å². The lowest BCUT2D eigenvalue weighted by atomic mass is 9.87. The van der Waals surface area contributed by atoms with E-state index in [-0.39, 0.29) is 17.6 Å². The first kappa shape index (κ1) is 16.9. The molecule has 3 amide bonds. The Hall–Kier alpha value is -1.95. The number of nitrogens with one attached hydrogen (secondary N) is 1. The normalized spacial score (nSPS) is 20.1. The maximum absolute atomic E-state index is 12.3. The molecular weight excluding hydrogens is 322 g/mol. The Balaban J connectivity index is 1.61. The number of aryl methyl sites for hydroxylation is 2. The van der Waals surface area contributed by atoms with Gasteiger partial charge in [0.1, 0.15) is 0 Å². The van der Waals surface area contributed by atoms with E-state index in [9.17, 15) is 9.59 Å². The number of fused-ring (bicyclic) bond motifs is 1. The van der Waals surface area contributed by atoms with E-state index in [0.29, 0.717) is 0 Å². The number of amides is 3. The average Bonchev–Trinajstić information content (AvgIpc) is 2.56. The van der Waals surface area contributed by atoms with Gasteiger partial charge in [0.05, 0.1) is 10.8 Å². The summed E-state index contributed by atoms with van der Waals surface area (Å²) in [6, 6.07) is 5.55. The highest BCUT2D eigenvalue weighted by atomic mass is 32.2. The van der Waals surface area contributed by atoms with Crippen molar-refractivity contribution in [3.63, 3.8) is 0 Å². The Labute approximate surface area is 146 Å². The van der Waals surface area contributed by atoms with Gasteiger partial charge in [-0.3, -0.25) is 4.79 Å². The van der Waals surface area contributed by atoms with Gasteiger partial charge >= 0.3 is 6.03 Å². The molecule has 1 aromatic rings. The highest BCUT2D eigenvalue weighted by Gasteiger charge is 2.30. The first-order valence-corrected chi connectivity index (χ1v) is 9.21. The molecule has 24 heavy (non-hydrogen) atoms. The van der Waals surface area contributed by atoms with E-state index in [1.807, 2.05) is 32.0 Å². The van der Waals surface area contributed by atoms with Crippen molar-refractivity contribution in [2.45, 2.75) is 39.5 Å². The maximum atomic E-state index is 12.3. The van der Waals surface area contributed by atoms with E-state index in [1.165, 1.54) is 11.8 Å². The van der Waals surface area contributed by atoms with Gasteiger partial charge in [-0.1, -0.05) is 30.3 Å². The minimum Gasteiger partial charge on any atom is -0.325 e. The van der Waals surface area contributed by atoms with Crippen molar-refractivity contribution in [3.8, 4) is 0 Å². The minimum absolute atomic E-state index is 0.0799. The molecule has 1 aliphatic carbocycles. The molecule has 1 heterocycles. The van der Waals surface area contributed by atoms with Crippen LogP contribution in [0.25, 0.3) is 0 Å². The van der Waals surface area contributed by atoms with Crippen molar-refractivity contribution in [1.82, 2.24) is 0 Å². The summed E-state index contributed by atoms with van der Waals surface area (Å²) in [6.07, 6.45) is 4.03. The second kappa shape index (κ2) is 7.30. The monoisotopic (exact) mass is 343 g/mol. The molecule has 0 spiro atoms. The first-order chi connectivity index (χ1) is 11.5. The number of thioether (sulfide) groups is 1. The number of urea groups is 1. The van der Waals surface area contributed by atoms with Crippen LogP contribution in [0.4, 0.5) is 10.5 Å². The van der Waals surface area contributed by atoms with Crippen LogP contribution in [0.3, 0.4) is 0 Å². The lowest BCUT2D eigenvalue weighted by molar-refractivity contribution is -0.113. The molecule has 0 saturated heterocycles. The van der Waals surface area contributed by atoms with Crippen LogP contribution in [0.5, 0.6) is 0 Å². The van der Waals surface area contributed by atoms with Gasteiger partial charge in [0, 0.05) is 17.3 Å². The predicted octanol–water partition coefficient (Wildman–Crippen LogP) is 4.14. The predicted molar refractivity (Wildman–Crippen MR) is 99.2 cm³/mol. The number of carbonyl (C=O) groups excluding carboxylic acids is 2. The van der Waals surface area contributed by atoms with Gasteiger partial charge in [-0.2, -0.15) is 4.99 Å². The number of hydrogen-bond donors (Lipinski definition) is 1. The van der Waals surface area contributed by atoms with Gasteiger partial charge in [0.2, 0.25) is 5.91 Å². The van der Waals surface area contributed by atoms with E-state index >= 15 is 0 Å². The van der Waals surface area contributed by atoms with E-state index in [2.05, 4.69) is 15.3 Å². The van der Waals surface area contributed by atoms with Crippen LogP contribution in [0, 0.1) is 19.8 Å². The van der Waals surface area contributed by atoms with E-state index < -0.39 is 6.03 Å². The number of rotatable bonds is 3. The molecule has 1 N–H and O–H groups in total. The quantitative estimate of drug-likeness (QED) is 0.896. The number of aliphatic imine (C=N–C) groups is 2. The number of carbonyl (C=O) groups is 2. The fourth-order valence-electron chi connectivity index (χ4n) is 3.04. The molecule has 0 aromatic heterocycles. The fraction of sp³-hybridized carbons (Fsp3) is 0.444. The molecule has 1 aliphatic heterocycles. The van der Waals surface area contributed by atoms with Crippen LogP contribution < -0.4 is 5.32 Å². The Morgan fingerprint density at radius 3 is 2.96 bits per heavy atom. The zero-order valence-corrected chi connectivity index (χ0v) is 14.8. The van der Waals surface area contributed by atoms with Crippen molar-refractivity contribution in [2.75, 3.05) is 11.1 Å². The standard InChI is InChI=1S/C18H21N3O2S/c1-11-7-8-12(2)15(9-11)19-16(22)10-24-17-13-5-3-4-6-14(13)20-18(23)21-17/h7-9,13H,3-6,10H2,1-2H3,(H,19,22). The van der Waals surface area contributed by atoms with Crippen molar-refractivity contribution in [2.24, 2.45) is 15.9 Å². The second-order valence-corrected chi connectivity index (χ2v) is 7.28. The summed E-state index contributed by atoms with van der Waals surface area (Å²) in [6.45, 7) is 3.97. The number of anilines is 1. The molecule has 0 radical (unpaired) electrons. The Bertz CT molecular complexity index is 740. The molecular formula is C18H21N3O2S.